The van der Waals surface area contributed by atoms with Gasteiger partial charge in [-0.25, -0.2) is 4.39 Å². The van der Waals surface area contributed by atoms with Gasteiger partial charge in [0.2, 0.25) is 0 Å². The van der Waals surface area contributed by atoms with E-state index in [0.717, 1.165) is 11.5 Å². The molecular weight excluding hydrogens is 297 g/mol. The average Bonchev–Trinajstić information content (AvgIpc) is 2.88. The second kappa shape index (κ2) is 5.65. The monoisotopic (exact) mass is 311 g/mol. The van der Waals surface area contributed by atoms with Crippen molar-refractivity contribution in [3.63, 3.8) is 0 Å². The lowest BCUT2D eigenvalue weighted by Crippen LogP contribution is -2.16. The Morgan fingerprint density at radius 3 is 2.90 bits per heavy atom. The number of nitrogens with zero attached hydrogens (tertiary/aromatic N) is 2. The maximum absolute atomic E-state index is 13.1. The average molecular weight is 311 g/mol. The second-order valence-corrected chi connectivity index (χ2v) is 7.29. The van der Waals surface area contributed by atoms with Crippen molar-refractivity contribution in [2.45, 2.75) is 17.4 Å². The summed E-state index contributed by atoms with van der Waals surface area (Å²) >= 11 is 3.76. The van der Waals surface area contributed by atoms with E-state index in [2.05, 4.69) is 17.1 Å². The first-order valence-electron chi connectivity index (χ1n) is 6.27. The number of thioether (sulfide) groups is 2. The first-order valence-corrected chi connectivity index (χ1v) is 8.37. The lowest BCUT2D eigenvalue weighted by Gasteiger charge is -2.24. The highest BCUT2D eigenvalue weighted by molar-refractivity contribution is 8.06. The van der Waals surface area contributed by atoms with E-state index in [4.69, 9.17) is 10.3 Å². The van der Waals surface area contributed by atoms with E-state index >= 15 is 0 Å². The predicted molar refractivity (Wildman–Crippen MR) is 81.2 cm³/mol. The van der Waals surface area contributed by atoms with Gasteiger partial charge >= 0.3 is 0 Å². The van der Waals surface area contributed by atoms with Crippen LogP contribution in [-0.4, -0.2) is 26.9 Å². The third-order valence-electron chi connectivity index (χ3n) is 3.13. The molecule has 0 spiro atoms. The highest BCUT2D eigenvalue weighted by Gasteiger charge is 2.28. The van der Waals surface area contributed by atoms with Gasteiger partial charge in [-0.2, -0.15) is 16.7 Å². The summed E-state index contributed by atoms with van der Waals surface area (Å²) in [4.78, 5) is 4.43. The van der Waals surface area contributed by atoms with E-state index < -0.39 is 0 Å². The molecule has 2 atom stereocenters. The van der Waals surface area contributed by atoms with Gasteiger partial charge < -0.3 is 10.3 Å². The van der Waals surface area contributed by atoms with Crippen LogP contribution in [0.15, 0.2) is 22.7 Å². The van der Waals surface area contributed by atoms with Crippen LogP contribution in [0.3, 0.4) is 0 Å². The van der Waals surface area contributed by atoms with Crippen molar-refractivity contribution in [2.75, 3.05) is 17.2 Å². The molecule has 1 aromatic carbocycles. The van der Waals surface area contributed by atoms with Crippen LogP contribution in [0.1, 0.15) is 18.0 Å². The highest BCUT2D eigenvalue weighted by atomic mass is 32.2. The summed E-state index contributed by atoms with van der Waals surface area (Å²) in [6.45, 7) is 2.17. The third kappa shape index (κ3) is 2.64. The van der Waals surface area contributed by atoms with Gasteiger partial charge in [-0.05, 0) is 18.2 Å². The van der Waals surface area contributed by atoms with Gasteiger partial charge in [0.1, 0.15) is 5.82 Å². The fourth-order valence-corrected chi connectivity index (χ4v) is 4.78. The molecule has 1 aliphatic heterocycles. The topological polar surface area (TPSA) is 64.9 Å². The van der Waals surface area contributed by atoms with Crippen molar-refractivity contribution in [3.8, 4) is 11.5 Å². The Hall–Kier alpha value is -1.21. The Labute approximate surface area is 124 Å². The van der Waals surface area contributed by atoms with Crippen LogP contribution < -0.4 is 5.73 Å². The molecule has 0 aliphatic carbocycles. The maximum atomic E-state index is 13.1. The Balaban J connectivity index is 1.89. The largest absolute Gasteiger partial charge is 0.398 e. The molecule has 20 heavy (non-hydrogen) atoms. The zero-order valence-corrected chi connectivity index (χ0v) is 12.5. The predicted octanol–water partition coefficient (Wildman–Crippen LogP) is 3.37. The zero-order chi connectivity index (χ0) is 14.1. The van der Waals surface area contributed by atoms with E-state index in [0.29, 0.717) is 28.2 Å². The van der Waals surface area contributed by atoms with Crippen molar-refractivity contribution in [2.24, 2.45) is 0 Å². The number of aromatic nitrogens is 2. The van der Waals surface area contributed by atoms with Crippen molar-refractivity contribution < 1.29 is 8.91 Å². The lowest BCUT2D eigenvalue weighted by atomic mass is 10.2. The Morgan fingerprint density at radius 2 is 2.15 bits per heavy atom. The van der Waals surface area contributed by atoms with Crippen LogP contribution in [0.4, 0.5) is 10.1 Å². The number of benzene rings is 1. The first-order chi connectivity index (χ1) is 9.65. The van der Waals surface area contributed by atoms with Crippen molar-refractivity contribution in [3.05, 3.63) is 29.8 Å². The lowest BCUT2D eigenvalue weighted by molar-refractivity contribution is 0.422. The fourth-order valence-electron chi connectivity index (χ4n) is 2.10. The molecule has 1 aliphatic rings. The zero-order valence-electron chi connectivity index (χ0n) is 10.9. The minimum atomic E-state index is -0.376. The van der Waals surface area contributed by atoms with Gasteiger partial charge in [-0.1, -0.05) is 12.1 Å². The minimum absolute atomic E-state index is 0.230. The molecule has 1 saturated heterocycles. The Morgan fingerprint density at radius 1 is 1.35 bits per heavy atom. The minimum Gasteiger partial charge on any atom is -0.398 e. The second-order valence-electron chi connectivity index (χ2n) is 4.56. The molecular formula is C13H14FN3OS2. The first kappa shape index (κ1) is 13.8. The third-order valence-corrected chi connectivity index (χ3v) is 6.21. The number of nitrogens with two attached hydrogens (primary N) is 1. The smallest absolute Gasteiger partial charge is 0.260 e. The van der Waals surface area contributed by atoms with Crippen molar-refractivity contribution >= 4 is 29.2 Å². The Bertz CT molecular complexity index is 619. The van der Waals surface area contributed by atoms with Crippen LogP contribution in [0.5, 0.6) is 0 Å². The molecule has 2 aromatic rings. The molecule has 106 valence electrons. The normalized spacial score (nSPS) is 22.9. The van der Waals surface area contributed by atoms with E-state index in [-0.39, 0.29) is 11.1 Å². The van der Waals surface area contributed by atoms with Gasteiger partial charge in [0, 0.05) is 22.4 Å². The number of nitrogen functional groups attached to an aromatic ring is 1. The van der Waals surface area contributed by atoms with E-state index in [9.17, 15) is 4.39 Å². The molecule has 1 fully saturated rings. The molecule has 0 radical (unpaired) electrons. The number of hydrogen-bond acceptors (Lipinski definition) is 6. The Kier molecular flexibility index (Phi) is 3.89. The number of anilines is 1. The molecule has 2 unspecified atom stereocenters. The van der Waals surface area contributed by atoms with Crippen molar-refractivity contribution in [1.82, 2.24) is 10.1 Å². The van der Waals surface area contributed by atoms with Gasteiger partial charge in [-0.3, -0.25) is 0 Å². The quantitative estimate of drug-likeness (QED) is 0.858. The summed E-state index contributed by atoms with van der Waals surface area (Å²) in [7, 11) is 0. The molecule has 1 aromatic heterocycles. The molecule has 2 N–H and O–H groups in total. The number of halogens is 1. The molecule has 7 heteroatoms. The molecule has 0 amide bonds. The summed E-state index contributed by atoms with van der Waals surface area (Å²) in [5, 5.41) is 4.74. The molecule has 0 saturated carbocycles. The fraction of sp³-hybridized carbons (Fsp3) is 0.385. The summed E-state index contributed by atoms with van der Waals surface area (Å²) in [5.74, 6) is 2.90. The van der Waals surface area contributed by atoms with Gasteiger partial charge in [0.05, 0.1) is 10.8 Å². The SMILES string of the molecule is CC1SCCSC1c1noc(-c2ccc(F)cc2N)n1. The van der Waals surface area contributed by atoms with Crippen LogP contribution in [0.25, 0.3) is 11.5 Å². The number of hydrogen-bond donors (Lipinski definition) is 1. The van der Waals surface area contributed by atoms with E-state index in [1.54, 1.807) is 6.07 Å². The summed E-state index contributed by atoms with van der Waals surface area (Å²) < 4.78 is 18.3. The van der Waals surface area contributed by atoms with Gasteiger partial charge in [0.25, 0.3) is 5.89 Å². The number of rotatable bonds is 2. The van der Waals surface area contributed by atoms with Gasteiger partial charge in [-0.15, -0.1) is 11.8 Å². The van der Waals surface area contributed by atoms with Crippen LogP contribution in [0, 0.1) is 5.82 Å². The summed E-state index contributed by atoms with van der Waals surface area (Å²) in [6.07, 6.45) is 0. The molecule has 0 bridgehead atoms. The van der Waals surface area contributed by atoms with Crippen molar-refractivity contribution in [1.29, 1.82) is 0 Å². The van der Waals surface area contributed by atoms with Crippen LogP contribution in [-0.2, 0) is 0 Å². The highest BCUT2D eigenvalue weighted by Crippen LogP contribution is 2.41. The van der Waals surface area contributed by atoms with Crippen LogP contribution >= 0.6 is 23.5 Å². The summed E-state index contributed by atoms with van der Waals surface area (Å²) in [6, 6.07) is 4.16. The summed E-state index contributed by atoms with van der Waals surface area (Å²) in [5.41, 5.74) is 6.67. The maximum Gasteiger partial charge on any atom is 0.260 e. The standard InChI is InChI=1S/C13H14FN3OS2/c1-7-11(20-5-4-19-7)12-16-13(18-17-12)9-3-2-8(14)6-10(9)15/h2-3,6-7,11H,4-5,15H2,1H3. The van der Waals surface area contributed by atoms with E-state index in [1.165, 1.54) is 12.1 Å². The van der Waals surface area contributed by atoms with Crippen LogP contribution in [0.2, 0.25) is 0 Å². The van der Waals surface area contributed by atoms with E-state index in [1.807, 2.05) is 23.5 Å². The molecule has 3 rings (SSSR count). The molecule has 2 heterocycles. The molecule has 4 nitrogen and oxygen atoms in total. The van der Waals surface area contributed by atoms with Gasteiger partial charge in [0.15, 0.2) is 5.82 Å².